The summed E-state index contributed by atoms with van der Waals surface area (Å²) in [7, 11) is 2.11. The summed E-state index contributed by atoms with van der Waals surface area (Å²) < 4.78 is 46.0. The first-order valence-electron chi connectivity index (χ1n) is 14.0. The summed E-state index contributed by atoms with van der Waals surface area (Å²) in [6.07, 6.45) is 5.19. The molecular formula is C32H36F3N3O2. The predicted molar refractivity (Wildman–Crippen MR) is 150 cm³/mol. The molecule has 3 aromatic rings. The van der Waals surface area contributed by atoms with Crippen LogP contribution in [0.1, 0.15) is 48.3 Å². The van der Waals surface area contributed by atoms with Crippen molar-refractivity contribution in [1.82, 2.24) is 9.80 Å². The zero-order chi connectivity index (χ0) is 28.2. The number of nitrogens with zero attached hydrogens (tertiary/aromatic N) is 3. The van der Waals surface area contributed by atoms with Crippen LogP contribution in [-0.4, -0.2) is 55.5 Å². The number of hydrogen-bond acceptors (Lipinski definition) is 4. The molecular weight excluding hydrogens is 515 g/mol. The molecule has 5 nitrogen and oxygen atoms in total. The molecule has 2 aliphatic heterocycles. The van der Waals surface area contributed by atoms with Gasteiger partial charge in [-0.15, -0.1) is 0 Å². The highest BCUT2D eigenvalue weighted by molar-refractivity contribution is 5.76. The third-order valence-corrected chi connectivity index (χ3v) is 8.23. The molecule has 2 saturated heterocycles. The van der Waals surface area contributed by atoms with Gasteiger partial charge in [0.05, 0.1) is 0 Å². The normalized spacial score (nSPS) is 19.0. The first-order chi connectivity index (χ1) is 19.3. The largest absolute Gasteiger partial charge is 0.454 e. The average Bonchev–Trinajstić information content (AvgIpc) is 2.94. The maximum atomic E-state index is 13.9. The average molecular weight is 552 g/mol. The molecule has 0 aromatic heterocycles. The van der Waals surface area contributed by atoms with Gasteiger partial charge >= 0.3 is 0 Å². The molecule has 0 saturated carbocycles. The van der Waals surface area contributed by atoms with E-state index < -0.39 is 17.5 Å². The Kier molecular flexibility index (Phi) is 8.76. The number of piperidine rings is 2. The first-order valence-corrected chi connectivity index (χ1v) is 14.0. The van der Waals surface area contributed by atoms with Crippen LogP contribution in [0.25, 0.3) is 0 Å². The summed E-state index contributed by atoms with van der Waals surface area (Å²) in [6, 6.07) is 15.1. The Morgan fingerprint density at radius 3 is 2.35 bits per heavy atom. The van der Waals surface area contributed by atoms with Crippen LogP contribution in [-0.2, 0) is 11.3 Å². The molecule has 1 atom stereocenters. The van der Waals surface area contributed by atoms with Gasteiger partial charge in [-0.05, 0) is 106 Å². The second-order valence-corrected chi connectivity index (χ2v) is 11.1. The second-order valence-electron chi connectivity index (χ2n) is 11.1. The summed E-state index contributed by atoms with van der Waals surface area (Å²) in [4.78, 5) is 18.7. The van der Waals surface area contributed by atoms with Crippen LogP contribution in [0.5, 0.6) is 11.5 Å². The van der Waals surface area contributed by atoms with Crippen molar-refractivity contribution in [2.24, 2.45) is 0 Å². The molecule has 0 spiro atoms. The van der Waals surface area contributed by atoms with Crippen molar-refractivity contribution in [3.05, 3.63) is 88.7 Å². The predicted octanol–water partition coefficient (Wildman–Crippen LogP) is 6.64. The van der Waals surface area contributed by atoms with Gasteiger partial charge in [-0.1, -0.05) is 18.2 Å². The molecule has 0 N–H and O–H groups in total. The fourth-order valence-electron chi connectivity index (χ4n) is 5.98. The SMILES string of the molecule is Cc1ccc(N(C=O)C2CCCN(C)C2)cc1C1CCN(Cc2ccc(Oc3cc(F)c(F)cc3F)cc2)CC1. The van der Waals surface area contributed by atoms with Crippen LogP contribution in [0.3, 0.4) is 0 Å². The summed E-state index contributed by atoms with van der Waals surface area (Å²) in [5.74, 6) is -2.91. The number of rotatable bonds is 8. The summed E-state index contributed by atoms with van der Waals surface area (Å²) in [5, 5.41) is 0. The number of anilines is 1. The number of carbonyl (C=O) groups excluding carboxylic acids is 1. The van der Waals surface area contributed by atoms with E-state index in [4.69, 9.17) is 4.74 Å². The lowest BCUT2D eigenvalue weighted by molar-refractivity contribution is -0.108. The van der Waals surface area contributed by atoms with Gasteiger partial charge in [-0.25, -0.2) is 13.2 Å². The van der Waals surface area contributed by atoms with Crippen molar-refractivity contribution in [2.75, 3.05) is 38.1 Å². The smallest absolute Gasteiger partial charge is 0.214 e. The van der Waals surface area contributed by atoms with Crippen molar-refractivity contribution in [3.8, 4) is 11.5 Å². The van der Waals surface area contributed by atoms with Crippen molar-refractivity contribution in [2.45, 2.75) is 51.1 Å². The van der Waals surface area contributed by atoms with Crippen LogP contribution >= 0.6 is 0 Å². The van der Waals surface area contributed by atoms with Gasteiger partial charge in [0.1, 0.15) is 5.75 Å². The molecule has 1 amide bonds. The maximum Gasteiger partial charge on any atom is 0.214 e. The van der Waals surface area contributed by atoms with E-state index in [0.717, 1.165) is 76.1 Å². The molecule has 2 fully saturated rings. The monoisotopic (exact) mass is 551 g/mol. The molecule has 0 aliphatic carbocycles. The lowest BCUT2D eigenvalue weighted by Gasteiger charge is -2.37. The van der Waals surface area contributed by atoms with E-state index in [1.165, 1.54) is 11.1 Å². The number of carbonyl (C=O) groups is 1. The quantitative estimate of drug-likeness (QED) is 0.232. The summed E-state index contributed by atoms with van der Waals surface area (Å²) in [6.45, 7) is 6.82. The zero-order valence-corrected chi connectivity index (χ0v) is 23.1. The minimum atomic E-state index is -1.25. The number of likely N-dealkylation sites (tertiary alicyclic amines) is 2. The van der Waals surface area contributed by atoms with Gasteiger partial charge in [-0.2, -0.15) is 0 Å². The molecule has 5 rings (SSSR count). The Hall–Kier alpha value is -3.36. The molecule has 8 heteroatoms. The van der Waals surface area contributed by atoms with E-state index in [2.05, 4.69) is 42.0 Å². The van der Waals surface area contributed by atoms with Gasteiger partial charge in [0.2, 0.25) is 6.41 Å². The number of halogens is 3. The zero-order valence-electron chi connectivity index (χ0n) is 23.1. The van der Waals surface area contributed by atoms with Crippen molar-refractivity contribution in [3.63, 3.8) is 0 Å². The van der Waals surface area contributed by atoms with Crippen LogP contribution in [0.2, 0.25) is 0 Å². The molecule has 2 aliphatic rings. The lowest BCUT2D eigenvalue weighted by Crippen LogP contribution is -2.46. The minimum absolute atomic E-state index is 0.210. The van der Waals surface area contributed by atoms with E-state index in [-0.39, 0.29) is 11.8 Å². The molecule has 0 radical (unpaired) electrons. The van der Waals surface area contributed by atoms with Gasteiger partial charge in [0, 0.05) is 37.0 Å². The van der Waals surface area contributed by atoms with E-state index in [1.807, 2.05) is 17.0 Å². The fourth-order valence-corrected chi connectivity index (χ4v) is 5.98. The number of aryl methyl sites for hydroxylation is 1. The molecule has 0 bridgehead atoms. The van der Waals surface area contributed by atoms with E-state index in [0.29, 0.717) is 23.8 Å². The Morgan fingerprint density at radius 1 is 0.925 bits per heavy atom. The second kappa shape index (κ2) is 12.4. The lowest BCUT2D eigenvalue weighted by atomic mass is 9.86. The Morgan fingerprint density at radius 2 is 1.65 bits per heavy atom. The fraction of sp³-hybridized carbons (Fsp3) is 0.406. The number of benzene rings is 3. The Bertz CT molecular complexity index is 1330. The number of ether oxygens (including phenoxy) is 1. The Balaban J connectivity index is 1.18. The number of hydrogen-bond donors (Lipinski definition) is 0. The minimum Gasteiger partial charge on any atom is -0.454 e. The molecule has 2 heterocycles. The molecule has 40 heavy (non-hydrogen) atoms. The van der Waals surface area contributed by atoms with Crippen LogP contribution in [0.4, 0.5) is 18.9 Å². The third kappa shape index (κ3) is 6.50. The third-order valence-electron chi connectivity index (χ3n) is 8.23. The standard InChI is InChI=1S/C32H36F3N3O2/c1-22-5-8-25(38(21-39)26-4-3-13-36(2)20-26)16-28(22)24-11-14-37(15-12-24)19-23-6-9-27(10-7-23)40-32-18-30(34)29(33)17-31(32)35/h5-10,16-18,21,24,26H,3-4,11-15,19-20H2,1-2H3. The van der Waals surface area contributed by atoms with E-state index in [9.17, 15) is 18.0 Å². The van der Waals surface area contributed by atoms with Crippen molar-refractivity contribution in [1.29, 1.82) is 0 Å². The number of likely N-dealkylation sites (N-methyl/N-ethyl adjacent to an activating group) is 1. The first kappa shape index (κ1) is 28.2. The summed E-state index contributed by atoms with van der Waals surface area (Å²) >= 11 is 0. The molecule has 1 unspecified atom stereocenters. The van der Waals surface area contributed by atoms with Crippen LogP contribution in [0.15, 0.2) is 54.6 Å². The molecule has 3 aromatic carbocycles. The topological polar surface area (TPSA) is 36.0 Å². The highest BCUT2D eigenvalue weighted by Gasteiger charge is 2.26. The van der Waals surface area contributed by atoms with Crippen LogP contribution in [0, 0.1) is 24.4 Å². The number of amides is 1. The van der Waals surface area contributed by atoms with Crippen molar-refractivity contribution < 1.29 is 22.7 Å². The van der Waals surface area contributed by atoms with Gasteiger partial charge in [0.25, 0.3) is 0 Å². The maximum absolute atomic E-state index is 13.9. The van der Waals surface area contributed by atoms with E-state index >= 15 is 0 Å². The molecule has 212 valence electrons. The van der Waals surface area contributed by atoms with Gasteiger partial charge in [-0.3, -0.25) is 9.69 Å². The Labute approximate surface area is 234 Å². The van der Waals surface area contributed by atoms with E-state index in [1.54, 1.807) is 12.1 Å². The van der Waals surface area contributed by atoms with Crippen LogP contribution < -0.4 is 9.64 Å². The highest BCUT2D eigenvalue weighted by atomic mass is 19.2. The van der Waals surface area contributed by atoms with Gasteiger partial charge in [0.15, 0.2) is 23.2 Å². The van der Waals surface area contributed by atoms with Crippen molar-refractivity contribution >= 4 is 12.1 Å². The highest BCUT2D eigenvalue weighted by Crippen LogP contribution is 2.34. The summed E-state index contributed by atoms with van der Waals surface area (Å²) in [5.41, 5.74) is 4.68. The van der Waals surface area contributed by atoms with Gasteiger partial charge < -0.3 is 14.5 Å².